The molecule has 1 aliphatic heterocycles. The van der Waals surface area contributed by atoms with Gasteiger partial charge in [-0.05, 0) is 43.1 Å². The summed E-state index contributed by atoms with van der Waals surface area (Å²) in [5.41, 5.74) is 1.38. The molecule has 1 nitrogen and oxygen atoms in total. The third kappa shape index (κ3) is 2.59. The Bertz CT molecular complexity index is 299. The van der Waals surface area contributed by atoms with Crippen LogP contribution >= 0.6 is 31.9 Å². The first kappa shape index (κ1) is 10.7. The highest BCUT2D eigenvalue weighted by molar-refractivity contribution is 9.11. The van der Waals surface area contributed by atoms with E-state index >= 15 is 0 Å². The fourth-order valence-corrected chi connectivity index (χ4v) is 3.24. The number of hydrogen-bond donors (Lipinski definition) is 1. The lowest BCUT2D eigenvalue weighted by molar-refractivity contribution is 0.412. The summed E-state index contributed by atoms with van der Waals surface area (Å²) in [5.74, 6) is 0. The van der Waals surface area contributed by atoms with Crippen molar-refractivity contribution in [1.82, 2.24) is 5.32 Å². The summed E-state index contributed by atoms with van der Waals surface area (Å²) in [7, 11) is 0. The van der Waals surface area contributed by atoms with Crippen LogP contribution < -0.4 is 5.32 Å². The molecule has 2 rings (SSSR count). The highest BCUT2D eigenvalue weighted by atomic mass is 79.9. The Morgan fingerprint density at radius 2 is 1.79 bits per heavy atom. The number of hydrogen-bond acceptors (Lipinski definition) is 1. The lowest BCUT2D eigenvalue weighted by Crippen LogP contribution is -2.26. The third-order valence-corrected chi connectivity index (χ3v) is 3.51. The van der Waals surface area contributed by atoms with Gasteiger partial charge >= 0.3 is 0 Å². The molecule has 1 aliphatic rings. The Morgan fingerprint density at radius 3 is 2.36 bits per heavy atom. The van der Waals surface area contributed by atoms with E-state index in [1.54, 1.807) is 0 Å². The fraction of sp³-hybridized carbons (Fsp3) is 0.455. The Morgan fingerprint density at radius 1 is 1.07 bits per heavy atom. The van der Waals surface area contributed by atoms with Gasteiger partial charge in [-0.2, -0.15) is 0 Å². The van der Waals surface area contributed by atoms with Crippen LogP contribution in [0.1, 0.15) is 30.9 Å². The van der Waals surface area contributed by atoms with Gasteiger partial charge in [0.1, 0.15) is 0 Å². The highest BCUT2D eigenvalue weighted by Gasteiger charge is 2.14. The van der Waals surface area contributed by atoms with Crippen LogP contribution in [0.3, 0.4) is 0 Å². The summed E-state index contributed by atoms with van der Waals surface area (Å²) in [6, 6.07) is 7.02. The SMILES string of the molecule is Brc1cc(Br)cc([C@@H]2CCCCN2)c1. The first-order valence-corrected chi connectivity index (χ1v) is 6.54. The van der Waals surface area contributed by atoms with Crippen LogP contribution in [-0.2, 0) is 0 Å². The molecule has 0 saturated carbocycles. The summed E-state index contributed by atoms with van der Waals surface area (Å²) in [4.78, 5) is 0. The quantitative estimate of drug-likeness (QED) is 0.824. The maximum atomic E-state index is 3.55. The average molecular weight is 319 g/mol. The number of nitrogens with one attached hydrogen (secondary N) is 1. The monoisotopic (exact) mass is 317 g/mol. The number of piperidine rings is 1. The summed E-state index contributed by atoms with van der Waals surface area (Å²) >= 11 is 7.04. The summed E-state index contributed by atoms with van der Waals surface area (Å²) in [5, 5.41) is 3.55. The van der Waals surface area contributed by atoms with E-state index in [9.17, 15) is 0 Å². The topological polar surface area (TPSA) is 12.0 Å². The molecule has 1 fully saturated rings. The van der Waals surface area contributed by atoms with E-state index in [4.69, 9.17) is 0 Å². The van der Waals surface area contributed by atoms with Crippen molar-refractivity contribution in [3.05, 3.63) is 32.7 Å². The van der Waals surface area contributed by atoms with Gasteiger partial charge in [-0.3, -0.25) is 0 Å². The molecule has 76 valence electrons. The van der Waals surface area contributed by atoms with Gasteiger partial charge < -0.3 is 5.32 Å². The van der Waals surface area contributed by atoms with E-state index < -0.39 is 0 Å². The molecule has 0 aromatic heterocycles. The molecule has 1 atom stereocenters. The molecule has 1 aromatic rings. The fourth-order valence-electron chi connectivity index (χ4n) is 1.91. The second-order valence-corrected chi connectivity index (χ2v) is 5.54. The Balaban J connectivity index is 2.21. The molecule has 14 heavy (non-hydrogen) atoms. The van der Waals surface area contributed by atoms with Crippen molar-refractivity contribution in [2.45, 2.75) is 25.3 Å². The van der Waals surface area contributed by atoms with Gasteiger partial charge in [0.2, 0.25) is 0 Å². The van der Waals surface area contributed by atoms with Crippen molar-refractivity contribution in [2.24, 2.45) is 0 Å². The number of halogens is 2. The molecule has 1 aromatic carbocycles. The van der Waals surface area contributed by atoms with Crippen LogP contribution in [0.5, 0.6) is 0 Å². The summed E-state index contributed by atoms with van der Waals surface area (Å²) < 4.78 is 2.29. The van der Waals surface area contributed by atoms with Crippen LogP contribution in [0.4, 0.5) is 0 Å². The van der Waals surface area contributed by atoms with Crippen LogP contribution in [-0.4, -0.2) is 6.54 Å². The zero-order valence-electron chi connectivity index (χ0n) is 7.89. The molecule has 1 N–H and O–H groups in total. The maximum absolute atomic E-state index is 3.55. The van der Waals surface area contributed by atoms with Gasteiger partial charge in [-0.25, -0.2) is 0 Å². The molecule has 0 radical (unpaired) electrons. The Hall–Kier alpha value is 0.140. The van der Waals surface area contributed by atoms with E-state index in [0.29, 0.717) is 6.04 Å². The molecular formula is C11H13Br2N. The molecule has 3 heteroatoms. The Labute approximate surface area is 102 Å². The van der Waals surface area contributed by atoms with Gasteiger partial charge in [0.25, 0.3) is 0 Å². The van der Waals surface area contributed by atoms with Gasteiger partial charge in [0.15, 0.2) is 0 Å². The van der Waals surface area contributed by atoms with Crippen molar-refractivity contribution in [3.63, 3.8) is 0 Å². The minimum atomic E-state index is 0.539. The molecule has 0 amide bonds. The highest BCUT2D eigenvalue weighted by Crippen LogP contribution is 2.28. The zero-order chi connectivity index (χ0) is 9.97. The maximum Gasteiger partial charge on any atom is 0.0321 e. The van der Waals surface area contributed by atoms with Gasteiger partial charge in [0, 0.05) is 15.0 Å². The van der Waals surface area contributed by atoms with Crippen molar-refractivity contribution in [3.8, 4) is 0 Å². The minimum absolute atomic E-state index is 0.539. The lowest BCUT2D eigenvalue weighted by Gasteiger charge is -2.24. The van der Waals surface area contributed by atoms with Gasteiger partial charge in [-0.1, -0.05) is 38.3 Å². The summed E-state index contributed by atoms with van der Waals surface area (Å²) in [6.07, 6.45) is 3.90. The van der Waals surface area contributed by atoms with Gasteiger partial charge in [-0.15, -0.1) is 0 Å². The predicted octanol–water partition coefficient (Wildman–Crippen LogP) is 4.03. The predicted molar refractivity (Wildman–Crippen MR) is 66.4 cm³/mol. The van der Waals surface area contributed by atoms with Crippen molar-refractivity contribution < 1.29 is 0 Å². The number of rotatable bonds is 1. The molecule has 0 aliphatic carbocycles. The zero-order valence-corrected chi connectivity index (χ0v) is 11.1. The number of benzene rings is 1. The van der Waals surface area contributed by atoms with Crippen molar-refractivity contribution >= 4 is 31.9 Å². The van der Waals surface area contributed by atoms with E-state index in [-0.39, 0.29) is 0 Å². The van der Waals surface area contributed by atoms with Crippen LogP contribution in [0, 0.1) is 0 Å². The minimum Gasteiger partial charge on any atom is -0.310 e. The van der Waals surface area contributed by atoms with Crippen molar-refractivity contribution in [1.29, 1.82) is 0 Å². The van der Waals surface area contributed by atoms with Crippen LogP contribution in [0.15, 0.2) is 27.1 Å². The van der Waals surface area contributed by atoms with E-state index in [0.717, 1.165) is 15.5 Å². The van der Waals surface area contributed by atoms with Crippen LogP contribution in [0.25, 0.3) is 0 Å². The third-order valence-electron chi connectivity index (χ3n) is 2.60. The van der Waals surface area contributed by atoms with E-state index in [1.165, 1.54) is 24.8 Å². The standard InChI is InChI=1S/C11H13Br2N/c12-9-5-8(6-10(13)7-9)11-3-1-2-4-14-11/h5-7,11,14H,1-4H2/t11-/m0/s1. The molecule has 0 unspecified atom stereocenters. The second-order valence-electron chi connectivity index (χ2n) is 3.71. The van der Waals surface area contributed by atoms with Gasteiger partial charge in [0.05, 0.1) is 0 Å². The molecule has 1 heterocycles. The molecular weight excluding hydrogens is 306 g/mol. The van der Waals surface area contributed by atoms with E-state index in [2.05, 4.69) is 55.4 Å². The largest absolute Gasteiger partial charge is 0.310 e. The average Bonchev–Trinajstić information content (AvgIpc) is 2.18. The van der Waals surface area contributed by atoms with Crippen molar-refractivity contribution in [2.75, 3.05) is 6.54 Å². The first-order chi connectivity index (χ1) is 6.75. The second kappa shape index (κ2) is 4.77. The normalized spacial score (nSPS) is 22.3. The molecule has 0 spiro atoms. The van der Waals surface area contributed by atoms with E-state index in [1.807, 2.05) is 0 Å². The summed E-state index contributed by atoms with van der Waals surface area (Å²) in [6.45, 7) is 1.15. The molecule has 1 saturated heterocycles. The lowest BCUT2D eigenvalue weighted by atomic mass is 9.98. The Kier molecular flexibility index (Phi) is 3.63. The van der Waals surface area contributed by atoms with Crippen LogP contribution in [0.2, 0.25) is 0 Å². The first-order valence-electron chi connectivity index (χ1n) is 4.95. The smallest absolute Gasteiger partial charge is 0.0321 e. The molecule has 0 bridgehead atoms.